The van der Waals surface area contributed by atoms with Gasteiger partial charge in [0, 0.05) is 35.1 Å². The lowest BCUT2D eigenvalue weighted by Crippen LogP contribution is -1.88. The number of hydrogen-bond donors (Lipinski definition) is 0. The fourth-order valence-electron chi connectivity index (χ4n) is 4.55. The van der Waals surface area contributed by atoms with Crippen LogP contribution in [0.1, 0.15) is 11.1 Å². The smallest absolute Gasteiger partial charge is 0.136 e. The molecule has 0 saturated heterocycles. The summed E-state index contributed by atoms with van der Waals surface area (Å²) < 4.78 is 6.32. The van der Waals surface area contributed by atoms with Crippen molar-refractivity contribution >= 4 is 11.0 Å². The zero-order valence-corrected chi connectivity index (χ0v) is 19.7. The summed E-state index contributed by atoms with van der Waals surface area (Å²) in [6.45, 7) is 4.14. The van der Waals surface area contributed by atoms with E-state index in [1.807, 2.05) is 37.6 Å². The Morgan fingerprint density at radius 1 is 0.600 bits per heavy atom. The highest BCUT2D eigenvalue weighted by molar-refractivity contribution is 5.96. The Morgan fingerprint density at radius 2 is 1.40 bits per heavy atom. The highest BCUT2D eigenvalue weighted by Gasteiger charge is 2.15. The molecule has 0 aliphatic heterocycles. The van der Waals surface area contributed by atoms with Crippen molar-refractivity contribution in [2.45, 2.75) is 13.8 Å². The van der Waals surface area contributed by atoms with Gasteiger partial charge < -0.3 is 4.42 Å². The SMILES string of the molecule is Cc1cncc(-c2cc3cc(-c4cccc(-c5cc(C)ccn5)c4)c(-c4ccccc4)cc3o2)c1. The first kappa shape index (κ1) is 21.1. The van der Waals surface area contributed by atoms with E-state index in [-0.39, 0.29) is 0 Å². The van der Waals surface area contributed by atoms with Crippen LogP contribution in [0.3, 0.4) is 0 Å². The summed E-state index contributed by atoms with van der Waals surface area (Å²) in [4.78, 5) is 8.94. The highest BCUT2D eigenvalue weighted by Crippen LogP contribution is 2.39. The summed E-state index contributed by atoms with van der Waals surface area (Å²) in [5.74, 6) is 0.824. The first-order chi connectivity index (χ1) is 17.1. The molecule has 3 nitrogen and oxygen atoms in total. The Bertz CT molecular complexity index is 1660. The number of benzene rings is 3. The van der Waals surface area contributed by atoms with E-state index in [9.17, 15) is 0 Å². The van der Waals surface area contributed by atoms with Crippen molar-refractivity contribution < 1.29 is 4.42 Å². The largest absolute Gasteiger partial charge is 0.456 e. The van der Waals surface area contributed by atoms with E-state index in [2.05, 4.69) is 95.8 Å². The topological polar surface area (TPSA) is 38.9 Å². The van der Waals surface area contributed by atoms with Crippen LogP contribution < -0.4 is 0 Å². The van der Waals surface area contributed by atoms with Gasteiger partial charge in [0.2, 0.25) is 0 Å². The number of aromatic nitrogens is 2. The van der Waals surface area contributed by atoms with Crippen molar-refractivity contribution in [3.8, 4) is 44.8 Å². The molecule has 6 aromatic rings. The van der Waals surface area contributed by atoms with E-state index in [4.69, 9.17) is 4.42 Å². The Balaban J connectivity index is 1.55. The third kappa shape index (κ3) is 4.13. The Morgan fingerprint density at radius 3 is 2.23 bits per heavy atom. The molecular formula is C32H24N2O. The second-order valence-corrected chi connectivity index (χ2v) is 8.96. The molecule has 0 N–H and O–H groups in total. The molecule has 3 aromatic heterocycles. The molecule has 3 heteroatoms. The predicted molar refractivity (Wildman–Crippen MR) is 143 cm³/mol. The van der Waals surface area contributed by atoms with Gasteiger partial charge in [-0.25, -0.2) is 0 Å². The van der Waals surface area contributed by atoms with Crippen LogP contribution in [0.15, 0.2) is 114 Å². The van der Waals surface area contributed by atoms with Gasteiger partial charge >= 0.3 is 0 Å². The van der Waals surface area contributed by atoms with E-state index in [0.717, 1.165) is 61.4 Å². The zero-order chi connectivity index (χ0) is 23.8. The van der Waals surface area contributed by atoms with Gasteiger partial charge in [-0.05, 0) is 89.7 Å². The van der Waals surface area contributed by atoms with E-state index in [1.54, 1.807) is 0 Å². The van der Waals surface area contributed by atoms with Crippen molar-refractivity contribution in [1.29, 1.82) is 0 Å². The normalized spacial score (nSPS) is 11.1. The summed E-state index contributed by atoms with van der Waals surface area (Å²) >= 11 is 0. The van der Waals surface area contributed by atoms with E-state index < -0.39 is 0 Å². The highest BCUT2D eigenvalue weighted by atomic mass is 16.3. The van der Waals surface area contributed by atoms with Gasteiger partial charge in [-0.2, -0.15) is 0 Å². The molecule has 0 unspecified atom stereocenters. The fourth-order valence-corrected chi connectivity index (χ4v) is 4.55. The molecule has 3 heterocycles. The van der Waals surface area contributed by atoms with E-state index >= 15 is 0 Å². The van der Waals surface area contributed by atoms with Gasteiger partial charge in [0.15, 0.2) is 0 Å². The number of pyridine rings is 2. The Labute approximate surface area is 204 Å². The molecule has 6 rings (SSSR count). The summed E-state index contributed by atoms with van der Waals surface area (Å²) in [7, 11) is 0. The molecule has 0 spiro atoms. The predicted octanol–water partition coefficient (Wildman–Crippen LogP) is 8.51. The van der Waals surface area contributed by atoms with Crippen LogP contribution >= 0.6 is 0 Å². The number of rotatable bonds is 4. The summed E-state index contributed by atoms with van der Waals surface area (Å²) in [5.41, 5.74) is 10.8. The van der Waals surface area contributed by atoms with Crippen LogP contribution in [0.4, 0.5) is 0 Å². The zero-order valence-electron chi connectivity index (χ0n) is 19.7. The fraction of sp³-hybridized carbons (Fsp3) is 0.0625. The molecular weight excluding hydrogens is 428 g/mol. The molecule has 0 aliphatic rings. The maximum absolute atomic E-state index is 6.32. The van der Waals surface area contributed by atoms with Crippen LogP contribution in [-0.2, 0) is 0 Å². The van der Waals surface area contributed by atoms with Crippen molar-refractivity contribution in [2.75, 3.05) is 0 Å². The number of nitrogens with zero attached hydrogens (tertiary/aromatic N) is 2. The first-order valence-electron chi connectivity index (χ1n) is 11.7. The molecule has 0 aliphatic carbocycles. The van der Waals surface area contributed by atoms with Gasteiger partial charge in [-0.15, -0.1) is 0 Å². The van der Waals surface area contributed by atoms with Crippen LogP contribution in [0.25, 0.3) is 55.8 Å². The second-order valence-electron chi connectivity index (χ2n) is 8.96. The quantitative estimate of drug-likeness (QED) is 0.269. The standard InChI is InChI=1S/C32H24N2O/c1-21-11-12-34-30(14-21)25-10-6-9-24(15-25)28-16-26-17-31(27-13-22(2)19-33-20-27)35-32(26)18-29(28)23-7-4-3-5-8-23/h3-20H,1-2H3. The molecule has 0 bridgehead atoms. The lowest BCUT2D eigenvalue weighted by atomic mass is 9.92. The minimum absolute atomic E-state index is 0.824. The van der Waals surface area contributed by atoms with Crippen LogP contribution in [0.5, 0.6) is 0 Å². The van der Waals surface area contributed by atoms with Gasteiger partial charge in [-0.1, -0.05) is 48.5 Å². The summed E-state index contributed by atoms with van der Waals surface area (Å²) in [6.07, 6.45) is 5.57. The number of aryl methyl sites for hydroxylation is 2. The lowest BCUT2D eigenvalue weighted by molar-refractivity contribution is 0.631. The van der Waals surface area contributed by atoms with Crippen LogP contribution in [0, 0.1) is 13.8 Å². The number of furan rings is 1. The van der Waals surface area contributed by atoms with E-state index in [1.165, 1.54) is 5.56 Å². The average Bonchev–Trinajstić information content (AvgIpc) is 3.32. The van der Waals surface area contributed by atoms with Gasteiger partial charge in [0.05, 0.1) is 5.69 Å². The molecule has 0 atom stereocenters. The van der Waals surface area contributed by atoms with Crippen molar-refractivity contribution in [3.05, 3.63) is 121 Å². The maximum Gasteiger partial charge on any atom is 0.136 e. The third-order valence-corrected chi connectivity index (χ3v) is 6.29. The van der Waals surface area contributed by atoms with Crippen molar-refractivity contribution in [2.24, 2.45) is 0 Å². The van der Waals surface area contributed by atoms with Crippen molar-refractivity contribution in [1.82, 2.24) is 9.97 Å². The lowest BCUT2D eigenvalue weighted by Gasteiger charge is -2.12. The Hall–Kier alpha value is -4.50. The van der Waals surface area contributed by atoms with Crippen LogP contribution in [0.2, 0.25) is 0 Å². The minimum Gasteiger partial charge on any atom is -0.456 e. The summed E-state index contributed by atoms with van der Waals surface area (Å²) in [5, 5.41) is 1.07. The third-order valence-electron chi connectivity index (χ3n) is 6.29. The first-order valence-corrected chi connectivity index (χ1v) is 11.7. The summed E-state index contributed by atoms with van der Waals surface area (Å²) in [6, 6.07) is 31.8. The molecule has 0 amide bonds. The minimum atomic E-state index is 0.824. The molecule has 0 radical (unpaired) electrons. The molecule has 0 saturated carbocycles. The van der Waals surface area contributed by atoms with Gasteiger partial charge in [0.25, 0.3) is 0 Å². The Kier molecular flexibility index (Phi) is 5.23. The van der Waals surface area contributed by atoms with Gasteiger partial charge in [0.1, 0.15) is 11.3 Å². The van der Waals surface area contributed by atoms with Crippen molar-refractivity contribution in [3.63, 3.8) is 0 Å². The van der Waals surface area contributed by atoms with Gasteiger partial charge in [-0.3, -0.25) is 9.97 Å². The monoisotopic (exact) mass is 452 g/mol. The molecule has 168 valence electrons. The average molecular weight is 453 g/mol. The molecule has 0 fully saturated rings. The molecule has 3 aromatic carbocycles. The number of hydrogen-bond acceptors (Lipinski definition) is 3. The second kappa shape index (κ2) is 8.69. The van der Waals surface area contributed by atoms with Crippen LogP contribution in [-0.4, -0.2) is 9.97 Å². The number of fused-ring (bicyclic) bond motifs is 1. The van der Waals surface area contributed by atoms with E-state index in [0.29, 0.717) is 0 Å². The maximum atomic E-state index is 6.32. The molecule has 35 heavy (non-hydrogen) atoms.